The molecule has 0 spiro atoms. The third-order valence-corrected chi connectivity index (χ3v) is 15.7. The maximum absolute atomic E-state index is 15.6. The van der Waals surface area contributed by atoms with Gasteiger partial charge < -0.3 is 39.8 Å². The molecule has 11 rings (SSSR count). The molecule has 7 aromatic rings. The Kier molecular flexibility index (Phi) is 14.5. The summed E-state index contributed by atoms with van der Waals surface area (Å²) in [5, 5.41) is 36.1. The second-order valence-electron chi connectivity index (χ2n) is 20.1. The van der Waals surface area contributed by atoms with Gasteiger partial charge in [0.2, 0.25) is 11.8 Å². The quantitative estimate of drug-likeness (QED) is 0.0597. The van der Waals surface area contributed by atoms with Crippen LogP contribution in [0.3, 0.4) is 0 Å². The first-order chi connectivity index (χ1) is 36.9. The van der Waals surface area contributed by atoms with Gasteiger partial charge in [-0.3, -0.25) is 24.7 Å². The average Bonchev–Trinajstić information content (AvgIpc) is 4.22. The number of hydrogen-bond donors (Lipinski definition) is 4. The number of fused-ring (bicyclic) bond motifs is 3. The molecule has 4 aliphatic rings. The average molecular weight is 1070 g/mol. The van der Waals surface area contributed by atoms with Gasteiger partial charge >= 0.3 is 6.01 Å². The van der Waals surface area contributed by atoms with Crippen LogP contribution in [0.5, 0.6) is 11.8 Å². The SMILES string of the molecule is COCCOc1nc(N2CC3NCC32)c2cc(Cl)c(-c3c(Cl)c(F)cc4[nH]ncc34)c(OCc3ccc(C4CN(C(C(=O)N5CCCC5C(=O)NC(CO)c5ccc(-c6ccncc6C)cc5)C(C)C)N=N4)cc3)c2n1. The van der Waals surface area contributed by atoms with Crippen LogP contribution in [0.2, 0.25) is 10.0 Å². The second kappa shape index (κ2) is 21.5. The topological polar surface area (TPSA) is 208 Å². The maximum atomic E-state index is 15.6. The zero-order chi connectivity index (χ0) is 52.8. The number of anilines is 1. The van der Waals surface area contributed by atoms with Crippen molar-refractivity contribution in [3.63, 3.8) is 0 Å². The minimum Gasteiger partial charge on any atom is -0.486 e. The number of aliphatic hydroxyl groups excluding tert-OH is 1. The summed E-state index contributed by atoms with van der Waals surface area (Å²) < 4.78 is 33.7. The van der Waals surface area contributed by atoms with E-state index >= 15 is 4.39 Å². The Hall–Kier alpha value is -7.03. The van der Waals surface area contributed by atoms with Gasteiger partial charge in [-0.2, -0.15) is 20.2 Å². The first-order valence-corrected chi connectivity index (χ1v) is 26.2. The van der Waals surface area contributed by atoms with Gasteiger partial charge in [-0.25, -0.2) is 4.39 Å². The smallest absolute Gasteiger partial charge is 0.319 e. The van der Waals surface area contributed by atoms with E-state index in [4.69, 9.17) is 47.4 Å². The summed E-state index contributed by atoms with van der Waals surface area (Å²) in [6.07, 6.45) is 6.29. The molecule has 6 atom stereocenters. The number of nitrogens with zero attached hydrogens (tertiary/aromatic N) is 9. The van der Waals surface area contributed by atoms with Crippen molar-refractivity contribution in [1.82, 2.24) is 45.7 Å². The van der Waals surface area contributed by atoms with Crippen LogP contribution in [0.4, 0.5) is 10.2 Å². The number of likely N-dealkylation sites (tertiary alicyclic amines) is 1. The summed E-state index contributed by atoms with van der Waals surface area (Å²) in [4.78, 5) is 46.3. The number of methoxy groups -OCH3 is 1. The lowest BCUT2D eigenvalue weighted by molar-refractivity contribution is -0.144. The number of amides is 2. The van der Waals surface area contributed by atoms with Crippen LogP contribution in [0, 0.1) is 18.7 Å². The van der Waals surface area contributed by atoms with E-state index in [1.165, 1.54) is 6.07 Å². The van der Waals surface area contributed by atoms with Crippen molar-refractivity contribution in [2.24, 2.45) is 16.3 Å². The van der Waals surface area contributed by atoms with E-state index in [1.54, 1.807) is 35.5 Å². The predicted octanol–water partition coefficient (Wildman–Crippen LogP) is 8.34. The summed E-state index contributed by atoms with van der Waals surface area (Å²) in [7, 11) is 1.58. The lowest BCUT2D eigenvalue weighted by Gasteiger charge is -2.56. The van der Waals surface area contributed by atoms with Crippen LogP contribution in [0.1, 0.15) is 61.0 Å². The minimum atomic E-state index is -0.705. The number of nitrogens with one attached hydrogen (secondary N) is 3. The van der Waals surface area contributed by atoms with E-state index in [0.29, 0.717) is 77.3 Å². The number of hydrogen-bond acceptors (Lipinski definition) is 15. The largest absolute Gasteiger partial charge is 0.486 e. The molecule has 6 unspecified atom stereocenters. The summed E-state index contributed by atoms with van der Waals surface area (Å²) in [6.45, 7) is 8.48. The number of piperazine rings is 1. The molecular formula is C55H57Cl2FN12O6. The number of benzene rings is 4. The zero-order valence-electron chi connectivity index (χ0n) is 42.3. The Morgan fingerprint density at radius 3 is 2.50 bits per heavy atom. The van der Waals surface area contributed by atoms with E-state index in [-0.39, 0.29) is 71.4 Å². The van der Waals surface area contributed by atoms with Crippen LogP contribution in [0.15, 0.2) is 95.7 Å². The first kappa shape index (κ1) is 51.1. The molecule has 0 radical (unpaired) electrons. The highest BCUT2D eigenvalue weighted by Crippen LogP contribution is 2.50. The summed E-state index contributed by atoms with van der Waals surface area (Å²) in [6, 6.07) is 18.8. The molecule has 2 amide bonds. The molecule has 4 aliphatic heterocycles. The Bertz CT molecular complexity index is 3350. The van der Waals surface area contributed by atoms with Gasteiger partial charge in [-0.05, 0) is 71.2 Å². The standard InChI is InChI=1S/C55H57Cl2FN12O6/c1-29(2)50(54(73)68-17-5-6-44(68)53(72)62-43(27-71)34-13-11-32(12-14-34)35-15-16-59-22-30(35)3)70-26-41(66-67-70)33-9-7-31(8-10-33)28-76-51-47(46-37-23-61-65-40(37)21-39(58)48(46)57)38(56)20-36-49(51)63-55(75-19-18-74-4)64-52(36)69-25-42-45(69)24-60-42/h7-16,20-23,29,41-45,50,60,71H,5-6,17-19,24-28H2,1-4H3,(H,61,65)(H,62,72). The van der Waals surface area contributed by atoms with E-state index < -0.39 is 23.9 Å². The second-order valence-corrected chi connectivity index (χ2v) is 20.8. The molecule has 7 heterocycles. The molecule has 0 bridgehead atoms. The van der Waals surface area contributed by atoms with Crippen molar-refractivity contribution in [3.8, 4) is 34.0 Å². The fourth-order valence-electron chi connectivity index (χ4n) is 10.8. The van der Waals surface area contributed by atoms with E-state index in [9.17, 15) is 14.7 Å². The number of pyridine rings is 1. The molecule has 3 fully saturated rings. The molecule has 0 aliphatic carbocycles. The molecule has 394 valence electrons. The number of rotatable bonds is 18. The number of aromatic amines is 1. The predicted molar refractivity (Wildman–Crippen MR) is 286 cm³/mol. The third kappa shape index (κ3) is 9.63. The van der Waals surface area contributed by atoms with Gasteiger partial charge in [0.25, 0.3) is 0 Å². The molecular weight excluding hydrogens is 1010 g/mol. The van der Waals surface area contributed by atoms with E-state index in [0.717, 1.165) is 46.5 Å². The molecule has 18 nitrogen and oxygen atoms in total. The Morgan fingerprint density at radius 2 is 1.79 bits per heavy atom. The normalized spacial score (nSPS) is 19.7. The molecule has 4 N–H and O–H groups in total. The van der Waals surface area contributed by atoms with Crippen LogP contribution in [-0.2, 0) is 20.9 Å². The highest BCUT2D eigenvalue weighted by molar-refractivity contribution is 6.39. The number of halogens is 3. The number of H-pyrrole nitrogens is 1. The number of ether oxygens (including phenoxy) is 3. The van der Waals surface area contributed by atoms with Crippen LogP contribution >= 0.6 is 23.2 Å². The molecule has 4 aromatic carbocycles. The lowest BCUT2D eigenvalue weighted by Crippen LogP contribution is -2.78. The molecule has 76 heavy (non-hydrogen) atoms. The van der Waals surface area contributed by atoms with Gasteiger partial charge in [0, 0.05) is 73.1 Å². The first-order valence-electron chi connectivity index (χ1n) is 25.5. The number of aliphatic hydroxyl groups is 1. The number of carbonyl (C=O) groups is 2. The Labute approximate surface area is 447 Å². The monoisotopic (exact) mass is 1070 g/mol. The number of aryl methyl sites for hydroxylation is 1. The molecule has 21 heteroatoms. The molecule has 3 aromatic heterocycles. The molecule has 0 saturated carbocycles. The highest BCUT2D eigenvalue weighted by Gasteiger charge is 2.47. The Morgan fingerprint density at radius 1 is 0.974 bits per heavy atom. The van der Waals surface area contributed by atoms with Gasteiger partial charge in [-0.1, -0.05) is 90.8 Å². The summed E-state index contributed by atoms with van der Waals surface area (Å²) in [5.74, 6) is -0.448. The van der Waals surface area contributed by atoms with E-state index in [2.05, 4.69) is 41.1 Å². The van der Waals surface area contributed by atoms with Crippen LogP contribution in [0.25, 0.3) is 44.1 Å². The van der Waals surface area contributed by atoms with Gasteiger partial charge in [0.1, 0.15) is 48.5 Å². The van der Waals surface area contributed by atoms with Gasteiger partial charge in [0.05, 0.1) is 53.6 Å². The van der Waals surface area contributed by atoms with E-state index in [1.807, 2.05) is 81.6 Å². The fourth-order valence-corrected chi connectivity index (χ4v) is 11.4. The highest BCUT2D eigenvalue weighted by atomic mass is 35.5. The lowest BCUT2D eigenvalue weighted by atomic mass is 9.88. The minimum absolute atomic E-state index is 0.0476. The van der Waals surface area contributed by atoms with Crippen molar-refractivity contribution in [3.05, 3.63) is 123 Å². The van der Waals surface area contributed by atoms with Crippen LogP contribution in [-0.4, -0.2) is 129 Å². The fraction of sp³-hybridized carbons (Fsp3) is 0.382. The molecule has 3 saturated heterocycles. The third-order valence-electron chi connectivity index (χ3n) is 15.0. The zero-order valence-corrected chi connectivity index (χ0v) is 43.9. The number of carbonyl (C=O) groups excluding carboxylic acids is 2. The maximum Gasteiger partial charge on any atom is 0.319 e. The summed E-state index contributed by atoms with van der Waals surface area (Å²) in [5.41, 5.74) is 6.96. The van der Waals surface area contributed by atoms with Crippen molar-refractivity contribution >= 4 is 62.6 Å². The number of aromatic nitrogens is 5. The van der Waals surface area contributed by atoms with Crippen molar-refractivity contribution in [2.75, 3.05) is 58.0 Å². The van der Waals surface area contributed by atoms with Crippen molar-refractivity contribution < 1.29 is 33.3 Å². The van der Waals surface area contributed by atoms with Gasteiger partial charge in [0.15, 0.2) is 5.75 Å². The van der Waals surface area contributed by atoms with Crippen LogP contribution < -0.4 is 25.0 Å². The van der Waals surface area contributed by atoms with Crippen molar-refractivity contribution in [2.45, 2.75) is 76.5 Å². The summed E-state index contributed by atoms with van der Waals surface area (Å²) >= 11 is 14.1. The Balaban J connectivity index is 0.809. The van der Waals surface area contributed by atoms with Crippen molar-refractivity contribution in [1.29, 1.82) is 0 Å². The van der Waals surface area contributed by atoms with Gasteiger partial charge in [-0.15, -0.1) is 0 Å².